The molecule has 0 nitrogen and oxygen atoms in total. The Hall–Kier alpha value is -0.775. The van der Waals surface area contributed by atoms with Gasteiger partial charge in [-0.05, 0) is 0 Å². The lowest BCUT2D eigenvalue weighted by atomic mass is 9.38. The molecule has 0 amide bonds. The number of hydrogen-bond donors (Lipinski definition) is 0. The summed E-state index contributed by atoms with van der Waals surface area (Å²) >= 11 is 0. The average molecular weight is 300 g/mol. The van der Waals surface area contributed by atoms with Gasteiger partial charge in [-0.3, -0.25) is 0 Å². The van der Waals surface area contributed by atoms with E-state index in [1.807, 2.05) is 0 Å². The average Bonchev–Trinajstić information content (AvgIpc) is 1.89. The fourth-order valence-corrected chi connectivity index (χ4v) is 1.13. The molecule has 13 heteroatoms. The zero-order valence-corrected chi connectivity index (χ0v) is 7.69. The summed E-state index contributed by atoms with van der Waals surface area (Å²) in [5.74, 6) is -5.55. The van der Waals surface area contributed by atoms with Crippen molar-refractivity contribution in [1.82, 2.24) is 0 Å². The van der Waals surface area contributed by atoms with E-state index in [0.717, 1.165) is 0 Å². The topological polar surface area (TPSA) is 0 Å². The summed E-state index contributed by atoms with van der Waals surface area (Å²) in [5, 5.41) is 0. The van der Waals surface area contributed by atoms with Gasteiger partial charge in [0.15, 0.2) is 0 Å². The monoisotopic (exact) mass is 300 g/mol. The molecule has 0 bridgehead atoms. The molecule has 0 aromatic rings. The Bertz CT molecular complexity index is 219. The van der Waals surface area contributed by atoms with Crippen LogP contribution in [0.25, 0.3) is 0 Å². The first-order valence-corrected chi connectivity index (χ1v) is 3.76. The molecule has 0 fully saturated rings. The minimum absolute atomic E-state index is 5.55. The van der Waals surface area contributed by atoms with Crippen LogP contribution in [0.5, 0.6) is 0 Å². The van der Waals surface area contributed by atoms with Gasteiger partial charge in [-0.2, -0.15) is 52.7 Å². The molecule has 0 aliphatic carbocycles. The van der Waals surface area contributed by atoms with Crippen molar-refractivity contribution in [2.45, 2.75) is 30.3 Å². The standard InChI is InChI=1S/C5HBF12/c7-2(8,9)1(3(10,11)12)6(4(13,14)15)5(16,17)18/h1H. The Morgan fingerprint density at radius 2 is 0.722 bits per heavy atom. The van der Waals surface area contributed by atoms with Crippen LogP contribution in [0.4, 0.5) is 52.7 Å². The first kappa shape index (κ1) is 17.2. The molecule has 0 unspecified atom stereocenters. The van der Waals surface area contributed by atoms with Crippen LogP contribution < -0.4 is 0 Å². The normalized spacial score (nSPS) is 15.2. The largest absolute Gasteiger partial charge is 0.421 e. The number of alkyl halides is 12. The summed E-state index contributed by atoms with van der Waals surface area (Å²) in [4.78, 5) is 0. The predicted octanol–water partition coefficient (Wildman–Crippen LogP) is 4.18. The number of rotatable bonds is 1. The quantitative estimate of drug-likeness (QED) is 0.503. The van der Waals surface area contributed by atoms with Crippen molar-refractivity contribution in [3.8, 4) is 0 Å². The van der Waals surface area contributed by atoms with Gasteiger partial charge in [-0.25, -0.2) is 0 Å². The molecule has 0 atom stereocenters. The van der Waals surface area contributed by atoms with Crippen LogP contribution in [-0.4, -0.2) is 31.2 Å². The summed E-state index contributed by atoms with van der Waals surface area (Å²) < 4.78 is 142. The fraction of sp³-hybridized carbons (Fsp3) is 1.00. The lowest BCUT2D eigenvalue weighted by Gasteiger charge is -2.30. The van der Waals surface area contributed by atoms with Crippen molar-refractivity contribution in [2.24, 2.45) is 0 Å². The molecule has 0 spiro atoms. The highest BCUT2D eigenvalue weighted by atomic mass is 19.4. The van der Waals surface area contributed by atoms with Crippen molar-refractivity contribution in [2.75, 3.05) is 0 Å². The molecule has 108 valence electrons. The van der Waals surface area contributed by atoms with Gasteiger partial charge in [0.1, 0.15) is 5.82 Å². The molecule has 0 saturated heterocycles. The second-order valence-electron chi connectivity index (χ2n) is 3.12. The Balaban J connectivity index is 5.84. The highest BCUT2D eigenvalue weighted by Gasteiger charge is 2.77. The van der Waals surface area contributed by atoms with E-state index in [9.17, 15) is 52.7 Å². The molecular formula is C5HBF12. The summed E-state index contributed by atoms with van der Waals surface area (Å²) in [7, 11) is 0. The maximum Gasteiger partial charge on any atom is 0.421 e. The van der Waals surface area contributed by atoms with Gasteiger partial charge in [0.2, 0.25) is 0 Å². The predicted molar refractivity (Wildman–Crippen MR) is 33.7 cm³/mol. The zero-order chi connectivity index (χ0) is 15.2. The first-order valence-electron chi connectivity index (χ1n) is 3.76. The van der Waals surface area contributed by atoms with Gasteiger partial charge in [0.25, 0.3) is 0 Å². The Kier molecular flexibility index (Phi) is 4.21. The van der Waals surface area contributed by atoms with Gasteiger partial charge >= 0.3 is 31.2 Å². The second kappa shape index (κ2) is 4.40. The lowest BCUT2D eigenvalue weighted by Crippen LogP contribution is -2.58. The molecule has 0 aromatic heterocycles. The highest BCUT2D eigenvalue weighted by Crippen LogP contribution is 2.53. The van der Waals surface area contributed by atoms with E-state index in [4.69, 9.17) is 0 Å². The van der Waals surface area contributed by atoms with Crippen LogP contribution >= 0.6 is 0 Å². The number of halogens is 12. The first-order chi connectivity index (χ1) is 7.49. The molecule has 18 heavy (non-hydrogen) atoms. The molecular weight excluding hydrogens is 299 g/mol. The molecule has 0 saturated carbocycles. The van der Waals surface area contributed by atoms with Crippen molar-refractivity contribution in [3.63, 3.8) is 0 Å². The Morgan fingerprint density at radius 3 is 0.778 bits per heavy atom. The van der Waals surface area contributed by atoms with Crippen molar-refractivity contribution in [1.29, 1.82) is 0 Å². The molecule has 0 radical (unpaired) electrons. The molecule has 0 heterocycles. The summed E-state index contributed by atoms with van der Waals surface area (Å²) in [6.45, 7) is -5.55. The van der Waals surface area contributed by atoms with Gasteiger partial charge in [-0.15, -0.1) is 0 Å². The van der Waals surface area contributed by atoms with Crippen LogP contribution in [-0.2, 0) is 0 Å². The van der Waals surface area contributed by atoms with Crippen LogP contribution in [0.3, 0.4) is 0 Å². The summed E-state index contributed by atoms with van der Waals surface area (Å²) in [6, 6.07) is 0. The fourth-order valence-electron chi connectivity index (χ4n) is 1.13. The molecule has 0 aromatic carbocycles. The van der Waals surface area contributed by atoms with E-state index in [1.54, 1.807) is 0 Å². The van der Waals surface area contributed by atoms with E-state index in [2.05, 4.69) is 0 Å². The van der Waals surface area contributed by atoms with E-state index in [0.29, 0.717) is 0 Å². The molecule has 0 N–H and O–H groups in total. The minimum atomic E-state index is -6.73. The smallest absolute Gasteiger partial charge is 0.181 e. The van der Waals surface area contributed by atoms with E-state index >= 15 is 0 Å². The van der Waals surface area contributed by atoms with E-state index in [1.165, 1.54) is 0 Å². The van der Waals surface area contributed by atoms with Crippen molar-refractivity contribution >= 4 is 6.71 Å². The molecule has 0 aliphatic heterocycles. The van der Waals surface area contributed by atoms with Crippen molar-refractivity contribution in [3.05, 3.63) is 0 Å². The second-order valence-corrected chi connectivity index (χ2v) is 3.12. The number of hydrogen-bond acceptors (Lipinski definition) is 0. The van der Waals surface area contributed by atoms with Gasteiger partial charge < -0.3 is 0 Å². The van der Waals surface area contributed by atoms with Gasteiger partial charge in [0.05, 0.1) is 0 Å². The van der Waals surface area contributed by atoms with Gasteiger partial charge in [0, 0.05) is 0 Å². The van der Waals surface area contributed by atoms with Crippen molar-refractivity contribution < 1.29 is 52.7 Å². The zero-order valence-electron chi connectivity index (χ0n) is 7.69. The summed E-state index contributed by atoms with van der Waals surface area (Å²) in [5.41, 5.74) is 0. The lowest BCUT2D eigenvalue weighted by molar-refractivity contribution is -0.243. The van der Waals surface area contributed by atoms with E-state index in [-0.39, 0.29) is 0 Å². The third-order valence-corrected chi connectivity index (χ3v) is 1.74. The highest BCUT2D eigenvalue weighted by molar-refractivity contribution is 6.65. The van der Waals surface area contributed by atoms with Crippen LogP contribution in [0.1, 0.15) is 0 Å². The SMILES string of the molecule is FC(F)(F)B(C(C(F)(F)F)C(F)(F)F)C(F)(F)F. The third-order valence-electron chi connectivity index (χ3n) is 1.74. The van der Waals surface area contributed by atoms with Crippen LogP contribution in [0.2, 0.25) is 5.82 Å². The van der Waals surface area contributed by atoms with E-state index < -0.39 is 37.0 Å². The van der Waals surface area contributed by atoms with Gasteiger partial charge in [-0.1, -0.05) is 0 Å². The minimum Gasteiger partial charge on any atom is -0.181 e. The maximum absolute atomic E-state index is 11.8. The maximum atomic E-state index is 11.8. The molecule has 0 aliphatic rings. The van der Waals surface area contributed by atoms with Crippen LogP contribution in [0.15, 0.2) is 0 Å². The Morgan fingerprint density at radius 1 is 0.500 bits per heavy atom. The summed E-state index contributed by atoms with van der Waals surface area (Å²) in [6.07, 6.45) is -26.9. The third kappa shape index (κ3) is 4.16. The Labute approximate surface area is 91.0 Å². The van der Waals surface area contributed by atoms with Crippen LogP contribution in [0, 0.1) is 0 Å². The molecule has 0 rings (SSSR count).